The summed E-state index contributed by atoms with van der Waals surface area (Å²) in [5, 5.41) is 9.11. The molecule has 1 aliphatic carbocycles. The van der Waals surface area contributed by atoms with E-state index in [9.17, 15) is 8.78 Å². The second-order valence-corrected chi connectivity index (χ2v) is 4.54. The number of rotatable bonds is 3. The summed E-state index contributed by atoms with van der Waals surface area (Å²) in [4.78, 5) is 0. The van der Waals surface area contributed by atoms with Crippen LogP contribution in [-0.2, 0) is 6.42 Å². The summed E-state index contributed by atoms with van der Waals surface area (Å²) >= 11 is 0. The van der Waals surface area contributed by atoms with Gasteiger partial charge in [0, 0.05) is 12.2 Å². The number of aliphatic hydroxyl groups excluding tert-OH is 1. The van der Waals surface area contributed by atoms with Crippen molar-refractivity contribution >= 4 is 0 Å². The lowest BCUT2D eigenvalue weighted by molar-refractivity contribution is 0.209. The van der Waals surface area contributed by atoms with Gasteiger partial charge in [0.15, 0.2) is 0 Å². The predicted molar refractivity (Wildman–Crippen MR) is 53.6 cm³/mol. The molecule has 0 unspecified atom stereocenters. The van der Waals surface area contributed by atoms with Gasteiger partial charge in [0.05, 0.1) is 0 Å². The van der Waals surface area contributed by atoms with Crippen molar-refractivity contribution in [3.63, 3.8) is 0 Å². The molecule has 0 heterocycles. The van der Waals surface area contributed by atoms with Crippen LogP contribution in [0.25, 0.3) is 0 Å². The molecule has 1 nitrogen and oxygen atoms in total. The number of aliphatic hydroxyl groups is 1. The van der Waals surface area contributed by atoms with Crippen LogP contribution in [-0.4, -0.2) is 11.7 Å². The lowest BCUT2D eigenvalue weighted by Gasteiger charge is -2.13. The lowest BCUT2D eigenvalue weighted by Crippen LogP contribution is -2.12. The molecule has 2 rings (SSSR count). The third-order valence-corrected chi connectivity index (χ3v) is 3.13. The first kappa shape index (κ1) is 10.6. The first-order valence-electron chi connectivity index (χ1n) is 5.12. The summed E-state index contributed by atoms with van der Waals surface area (Å²) in [7, 11) is 0. The van der Waals surface area contributed by atoms with E-state index < -0.39 is 11.6 Å². The Morgan fingerprint density at radius 2 is 1.80 bits per heavy atom. The standard InChI is InChI=1S/C12H14F2O/c1-8-4-10(13)9(11(14)5-8)6-12(7-15)2-3-12/h4-5,15H,2-3,6-7H2,1H3. The van der Waals surface area contributed by atoms with Crippen molar-refractivity contribution in [3.8, 4) is 0 Å². The van der Waals surface area contributed by atoms with Crippen molar-refractivity contribution in [1.82, 2.24) is 0 Å². The van der Waals surface area contributed by atoms with Gasteiger partial charge in [-0.3, -0.25) is 0 Å². The predicted octanol–water partition coefficient (Wildman–Crippen LogP) is 2.59. The van der Waals surface area contributed by atoms with E-state index in [-0.39, 0.29) is 17.6 Å². The number of halogens is 2. The van der Waals surface area contributed by atoms with E-state index in [0.29, 0.717) is 12.0 Å². The van der Waals surface area contributed by atoms with E-state index in [0.717, 1.165) is 12.8 Å². The van der Waals surface area contributed by atoms with Crippen LogP contribution in [0.2, 0.25) is 0 Å². The quantitative estimate of drug-likeness (QED) is 0.816. The maximum Gasteiger partial charge on any atom is 0.129 e. The Hall–Kier alpha value is -0.960. The smallest absolute Gasteiger partial charge is 0.129 e. The van der Waals surface area contributed by atoms with E-state index in [2.05, 4.69) is 0 Å². The maximum absolute atomic E-state index is 13.5. The molecule has 1 N–H and O–H groups in total. The van der Waals surface area contributed by atoms with Gasteiger partial charge in [-0.2, -0.15) is 0 Å². The van der Waals surface area contributed by atoms with Gasteiger partial charge in [-0.25, -0.2) is 8.78 Å². The van der Waals surface area contributed by atoms with Crippen molar-refractivity contribution in [1.29, 1.82) is 0 Å². The Bertz CT molecular complexity index is 360. The minimum atomic E-state index is -0.493. The first-order valence-corrected chi connectivity index (χ1v) is 5.12. The van der Waals surface area contributed by atoms with Crippen molar-refractivity contribution in [2.45, 2.75) is 26.2 Å². The van der Waals surface area contributed by atoms with Gasteiger partial charge < -0.3 is 5.11 Å². The van der Waals surface area contributed by atoms with Gasteiger partial charge in [-0.15, -0.1) is 0 Å². The van der Waals surface area contributed by atoms with Crippen LogP contribution in [0.15, 0.2) is 12.1 Å². The average molecular weight is 212 g/mol. The van der Waals surface area contributed by atoms with E-state index in [1.54, 1.807) is 6.92 Å². The van der Waals surface area contributed by atoms with Gasteiger partial charge in [-0.05, 0) is 49.3 Å². The third-order valence-electron chi connectivity index (χ3n) is 3.13. The zero-order valence-electron chi connectivity index (χ0n) is 8.69. The topological polar surface area (TPSA) is 20.2 Å². The highest BCUT2D eigenvalue weighted by Crippen LogP contribution is 2.48. The van der Waals surface area contributed by atoms with Gasteiger partial charge in [0.1, 0.15) is 11.6 Å². The summed E-state index contributed by atoms with van der Waals surface area (Å²) in [5.74, 6) is -0.987. The van der Waals surface area contributed by atoms with Crippen molar-refractivity contribution in [2.24, 2.45) is 5.41 Å². The molecule has 1 aliphatic rings. The minimum Gasteiger partial charge on any atom is -0.396 e. The fourth-order valence-corrected chi connectivity index (χ4v) is 1.84. The van der Waals surface area contributed by atoms with E-state index >= 15 is 0 Å². The summed E-state index contributed by atoms with van der Waals surface area (Å²) < 4.78 is 27.0. The zero-order valence-corrected chi connectivity index (χ0v) is 8.69. The average Bonchev–Trinajstić information content (AvgIpc) is 2.92. The Balaban J connectivity index is 2.28. The molecule has 0 saturated heterocycles. The van der Waals surface area contributed by atoms with Gasteiger partial charge >= 0.3 is 0 Å². The minimum absolute atomic E-state index is 0.0136. The zero-order chi connectivity index (χ0) is 11.1. The molecule has 0 amide bonds. The highest BCUT2D eigenvalue weighted by Gasteiger charge is 2.43. The summed E-state index contributed by atoms with van der Waals surface area (Å²) in [6.07, 6.45) is 2.02. The summed E-state index contributed by atoms with van der Waals surface area (Å²) in [6.45, 7) is 1.68. The molecular formula is C12H14F2O. The van der Waals surface area contributed by atoms with Crippen molar-refractivity contribution in [3.05, 3.63) is 34.9 Å². The molecule has 15 heavy (non-hydrogen) atoms. The molecule has 82 valence electrons. The van der Waals surface area contributed by atoms with Crippen LogP contribution in [0.1, 0.15) is 24.0 Å². The monoisotopic (exact) mass is 212 g/mol. The van der Waals surface area contributed by atoms with Crippen molar-refractivity contribution in [2.75, 3.05) is 6.61 Å². The van der Waals surface area contributed by atoms with Gasteiger partial charge in [0.2, 0.25) is 0 Å². The van der Waals surface area contributed by atoms with Gasteiger partial charge in [0.25, 0.3) is 0 Å². The molecule has 3 heteroatoms. The second-order valence-electron chi connectivity index (χ2n) is 4.54. The van der Waals surface area contributed by atoms with Crippen LogP contribution in [0.5, 0.6) is 0 Å². The van der Waals surface area contributed by atoms with E-state index in [1.165, 1.54) is 12.1 Å². The Kier molecular flexibility index (Phi) is 2.51. The Morgan fingerprint density at radius 3 is 2.20 bits per heavy atom. The normalized spacial score (nSPS) is 17.9. The molecule has 0 aromatic heterocycles. The fraction of sp³-hybridized carbons (Fsp3) is 0.500. The van der Waals surface area contributed by atoms with Crippen LogP contribution < -0.4 is 0 Å². The molecule has 0 spiro atoms. The van der Waals surface area contributed by atoms with Crippen LogP contribution in [0, 0.1) is 24.0 Å². The van der Waals surface area contributed by atoms with Crippen molar-refractivity contribution < 1.29 is 13.9 Å². The summed E-state index contributed by atoms with van der Waals surface area (Å²) in [6, 6.07) is 2.68. The molecule has 1 fully saturated rings. The third kappa shape index (κ3) is 2.02. The maximum atomic E-state index is 13.5. The number of hydrogen-bond acceptors (Lipinski definition) is 1. The number of aryl methyl sites for hydroxylation is 1. The second kappa shape index (κ2) is 3.56. The Labute approximate surface area is 87.7 Å². The van der Waals surface area contributed by atoms with E-state index in [4.69, 9.17) is 5.11 Å². The molecule has 1 saturated carbocycles. The fourth-order valence-electron chi connectivity index (χ4n) is 1.84. The summed E-state index contributed by atoms with van der Waals surface area (Å²) in [5.41, 5.74) is 0.450. The van der Waals surface area contributed by atoms with Gasteiger partial charge in [-0.1, -0.05) is 0 Å². The molecular weight excluding hydrogens is 198 g/mol. The molecule has 0 bridgehead atoms. The SMILES string of the molecule is Cc1cc(F)c(CC2(CO)CC2)c(F)c1. The van der Waals surface area contributed by atoms with E-state index in [1.807, 2.05) is 0 Å². The molecule has 0 radical (unpaired) electrons. The number of hydrogen-bond donors (Lipinski definition) is 1. The Morgan fingerprint density at radius 1 is 1.27 bits per heavy atom. The highest BCUT2D eigenvalue weighted by atomic mass is 19.1. The van der Waals surface area contributed by atoms with Crippen LogP contribution >= 0.6 is 0 Å². The molecule has 1 aromatic carbocycles. The first-order chi connectivity index (χ1) is 7.06. The molecule has 0 aliphatic heterocycles. The van der Waals surface area contributed by atoms with Crippen LogP contribution in [0.4, 0.5) is 8.78 Å². The largest absolute Gasteiger partial charge is 0.396 e. The van der Waals surface area contributed by atoms with Crippen LogP contribution in [0.3, 0.4) is 0 Å². The number of benzene rings is 1. The highest BCUT2D eigenvalue weighted by molar-refractivity contribution is 5.27. The molecule has 1 aromatic rings. The lowest BCUT2D eigenvalue weighted by atomic mass is 9.96. The molecule has 0 atom stereocenters.